The molecule has 1 N–H and O–H groups in total. The van der Waals surface area contributed by atoms with Gasteiger partial charge in [0.1, 0.15) is 22.0 Å². The van der Waals surface area contributed by atoms with Crippen LogP contribution < -0.4 is 21.3 Å². The number of hydrogen-bond donors (Lipinski definition) is 1. The molecule has 0 bridgehead atoms. The van der Waals surface area contributed by atoms with Gasteiger partial charge in [-0.2, -0.15) is 0 Å². The van der Waals surface area contributed by atoms with Gasteiger partial charge in [-0.1, -0.05) is 38.6 Å². The van der Waals surface area contributed by atoms with Gasteiger partial charge < -0.3 is 10.1 Å². The highest BCUT2D eigenvalue weighted by Gasteiger charge is 2.26. The monoisotopic (exact) mass is 457 g/mol. The minimum absolute atomic E-state index is 0.216. The van der Waals surface area contributed by atoms with Crippen molar-refractivity contribution >= 4 is 34.4 Å². The molecule has 0 aliphatic rings. The highest BCUT2D eigenvalue weighted by molar-refractivity contribution is 8.00. The van der Waals surface area contributed by atoms with E-state index >= 15 is 0 Å². The number of carbonyl (C=O) groups is 1. The van der Waals surface area contributed by atoms with E-state index in [0.29, 0.717) is 22.3 Å². The lowest BCUT2D eigenvalue weighted by atomic mass is 9.96. The summed E-state index contributed by atoms with van der Waals surface area (Å²) in [5, 5.41) is 2.86. The summed E-state index contributed by atoms with van der Waals surface area (Å²) in [5.41, 5.74) is -0.538. The first-order valence-electron chi connectivity index (χ1n) is 10.0. The standard InChI is InChI=1S/C22H27N5O4S/c1-12(17(28)23-13-9-8-10-14(11-13)31-7)32-18-15-16(24-20(25-18)22(2,3)4)26(5)21(30)27(6)19(15)29/h8-12H,1-7H3,(H,23,28). The van der Waals surface area contributed by atoms with Crippen molar-refractivity contribution in [3.05, 3.63) is 50.9 Å². The van der Waals surface area contributed by atoms with Crippen LogP contribution in [0, 0.1) is 0 Å². The van der Waals surface area contributed by atoms with E-state index in [1.54, 1.807) is 45.3 Å². The second-order valence-corrected chi connectivity index (χ2v) is 9.82. The molecule has 1 aromatic carbocycles. The summed E-state index contributed by atoms with van der Waals surface area (Å²) in [6, 6.07) is 7.05. The topological polar surface area (TPSA) is 108 Å². The van der Waals surface area contributed by atoms with Crippen LogP contribution in [0.5, 0.6) is 5.75 Å². The smallest absolute Gasteiger partial charge is 0.332 e. The van der Waals surface area contributed by atoms with E-state index in [1.165, 1.54) is 11.6 Å². The number of hydrogen-bond acceptors (Lipinski definition) is 7. The van der Waals surface area contributed by atoms with Crippen molar-refractivity contribution in [2.45, 2.75) is 43.4 Å². The molecule has 32 heavy (non-hydrogen) atoms. The van der Waals surface area contributed by atoms with E-state index < -0.39 is 21.9 Å². The number of ether oxygens (including phenoxy) is 1. The third kappa shape index (κ3) is 4.55. The Bertz CT molecular complexity index is 1310. The lowest BCUT2D eigenvalue weighted by molar-refractivity contribution is -0.115. The van der Waals surface area contributed by atoms with Crippen LogP contribution in [0.1, 0.15) is 33.5 Å². The number of methoxy groups -OCH3 is 1. The van der Waals surface area contributed by atoms with Gasteiger partial charge in [-0.15, -0.1) is 0 Å². The Morgan fingerprint density at radius 3 is 2.47 bits per heavy atom. The van der Waals surface area contributed by atoms with Crippen LogP contribution in [-0.2, 0) is 24.3 Å². The molecule has 0 aliphatic carbocycles. The van der Waals surface area contributed by atoms with Gasteiger partial charge in [0.25, 0.3) is 5.56 Å². The number of benzene rings is 1. The molecule has 0 fully saturated rings. The fraction of sp³-hybridized carbons (Fsp3) is 0.409. The first-order chi connectivity index (χ1) is 14.9. The van der Waals surface area contributed by atoms with Gasteiger partial charge in [0, 0.05) is 31.3 Å². The zero-order valence-electron chi connectivity index (χ0n) is 19.2. The lowest BCUT2D eigenvalue weighted by Gasteiger charge is -2.20. The molecule has 9 nitrogen and oxygen atoms in total. The molecule has 0 spiro atoms. The second-order valence-electron chi connectivity index (χ2n) is 8.49. The molecule has 0 saturated heterocycles. The van der Waals surface area contributed by atoms with Crippen molar-refractivity contribution in [2.75, 3.05) is 12.4 Å². The number of aromatic nitrogens is 4. The zero-order valence-corrected chi connectivity index (χ0v) is 20.0. The average Bonchev–Trinajstić information content (AvgIpc) is 2.75. The minimum Gasteiger partial charge on any atom is -0.497 e. The predicted molar refractivity (Wildman–Crippen MR) is 126 cm³/mol. The molecule has 2 heterocycles. The van der Waals surface area contributed by atoms with Crippen LogP contribution in [0.25, 0.3) is 11.0 Å². The summed E-state index contributed by atoms with van der Waals surface area (Å²) in [5.74, 6) is 0.856. The fourth-order valence-electron chi connectivity index (χ4n) is 3.02. The van der Waals surface area contributed by atoms with Gasteiger partial charge in [-0.25, -0.2) is 14.8 Å². The molecule has 3 rings (SSSR count). The van der Waals surface area contributed by atoms with Gasteiger partial charge in [-0.05, 0) is 19.1 Å². The van der Waals surface area contributed by atoms with Gasteiger partial charge in [0.2, 0.25) is 5.91 Å². The van der Waals surface area contributed by atoms with E-state index in [9.17, 15) is 14.4 Å². The van der Waals surface area contributed by atoms with Crippen molar-refractivity contribution in [1.29, 1.82) is 0 Å². The van der Waals surface area contributed by atoms with Gasteiger partial charge in [0.05, 0.1) is 12.4 Å². The number of amides is 1. The summed E-state index contributed by atoms with van der Waals surface area (Å²) >= 11 is 1.15. The van der Waals surface area contributed by atoms with Crippen LogP contribution in [0.4, 0.5) is 5.69 Å². The zero-order chi connectivity index (χ0) is 23.8. The third-order valence-corrected chi connectivity index (χ3v) is 6.02. The molecule has 0 saturated carbocycles. The summed E-state index contributed by atoms with van der Waals surface area (Å²) in [7, 11) is 4.53. The van der Waals surface area contributed by atoms with Crippen molar-refractivity contribution in [2.24, 2.45) is 14.1 Å². The van der Waals surface area contributed by atoms with Crippen molar-refractivity contribution in [3.63, 3.8) is 0 Å². The Morgan fingerprint density at radius 2 is 1.84 bits per heavy atom. The molecule has 1 amide bonds. The van der Waals surface area contributed by atoms with E-state index in [4.69, 9.17) is 4.74 Å². The molecule has 3 aromatic rings. The summed E-state index contributed by atoms with van der Waals surface area (Å²) in [4.78, 5) is 47.4. The third-order valence-electron chi connectivity index (χ3n) is 4.93. The Morgan fingerprint density at radius 1 is 1.16 bits per heavy atom. The maximum absolute atomic E-state index is 12.9. The first-order valence-corrected chi connectivity index (χ1v) is 10.9. The second kappa shape index (κ2) is 8.78. The molecule has 10 heteroatoms. The van der Waals surface area contributed by atoms with Gasteiger partial charge >= 0.3 is 5.69 Å². The highest BCUT2D eigenvalue weighted by Crippen LogP contribution is 2.30. The summed E-state index contributed by atoms with van der Waals surface area (Å²) in [6.45, 7) is 7.57. The molecular formula is C22H27N5O4S. The SMILES string of the molecule is COc1cccc(NC(=O)C(C)Sc2nc(C(C)(C)C)nc3c2c(=O)n(C)c(=O)n3C)c1. The number of thioether (sulfide) groups is 1. The van der Waals surface area contributed by atoms with Crippen molar-refractivity contribution < 1.29 is 9.53 Å². The summed E-state index contributed by atoms with van der Waals surface area (Å²) < 4.78 is 7.55. The van der Waals surface area contributed by atoms with E-state index in [0.717, 1.165) is 16.3 Å². The number of aryl methyl sites for hydroxylation is 1. The first kappa shape index (κ1) is 23.5. The number of nitrogens with one attached hydrogen (secondary N) is 1. The Labute approximate surface area is 189 Å². The maximum atomic E-state index is 12.9. The average molecular weight is 458 g/mol. The van der Waals surface area contributed by atoms with Crippen molar-refractivity contribution in [1.82, 2.24) is 19.1 Å². The number of nitrogens with zero attached hydrogens (tertiary/aromatic N) is 4. The van der Waals surface area contributed by atoms with Crippen molar-refractivity contribution in [3.8, 4) is 5.75 Å². The normalized spacial score (nSPS) is 12.6. The van der Waals surface area contributed by atoms with Crippen LogP contribution >= 0.6 is 11.8 Å². The lowest BCUT2D eigenvalue weighted by Crippen LogP contribution is -2.38. The Hall–Kier alpha value is -3.14. The van der Waals surface area contributed by atoms with E-state index in [2.05, 4.69) is 15.3 Å². The minimum atomic E-state index is -0.575. The number of carbonyl (C=O) groups excluding carboxylic acids is 1. The van der Waals surface area contributed by atoms with Crippen LogP contribution in [0.3, 0.4) is 0 Å². The largest absolute Gasteiger partial charge is 0.497 e. The number of fused-ring (bicyclic) bond motifs is 1. The van der Waals surface area contributed by atoms with Gasteiger partial charge in [-0.3, -0.25) is 18.7 Å². The van der Waals surface area contributed by atoms with Crippen LogP contribution in [0.15, 0.2) is 38.9 Å². The number of rotatable bonds is 5. The maximum Gasteiger partial charge on any atom is 0.332 e. The van der Waals surface area contributed by atoms with Crippen LogP contribution in [-0.4, -0.2) is 37.4 Å². The molecule has 170 valence electrons. The molecular weight excluding hydrogens is 430 g/mol. The summed E-state index contributed by atoms with van der Waals surface area (Å²) in [6.07, 6.45) is 0. The molecule has 1 atom stereocenters. The Balaban J connectivity index is 2.06. The quantitative estimate of drug-likeness (QED) is 0.463. The predicted octanol–water partition coefficient (Wildman–Crippen LogP) is 2.45. The fourth-order valence-corrected chi connectivity index (χ4v) is 3.95. The van der Waals surface area contributed by atoms with E-state index in [-0.39, 0.29) is 16.9 Å². The molecule has 1 unspecified atom stereocenters. The van der Waals surface area contributed by atoms with Gasteiger partial charge in [0.15, 0.2) is 5.65 Å². The molecule has 2 aromatic heterocycles. The van der Waals surface area contributed by atoms with E-state index in [1.807, 2.05) is 20.8 Å². The Kier molecular flexibility index (Phi) is 6.45. The molecule has 0 aliphatic heterocycles. The molecule has 0 radical (unpaired) electrons. The number of anilines is 1. The highest BCUT2D eigenvalue weighted by atomic mass is 32.2. The van der Waals surface area contributed by atoms with Crippen LogP contribution in [0.2, 0.25) is 0 Å².